The summed E-state index contributed by atoms with van der Waals surface area (Å²) in [6.07, 6.45) is 9.20. The molecular formula is C21H23ClFN3O3S. The van der Waals surface area contributed by atoms with Gasteiger partial charge in [0.1, 0.15) is 5.83 Å². The van der Waals surface area contributed by atoms with E-state index in [-0.39, 0.29) is 33.4 Å². The molecule has 30 heavy (non-hydrogen) atoms. The van der Waals surface area contributed by atoms with Gasteiger partial charge in [0.2, 0.25) is 11.7 Å². The van der Waals surface area contributed by atoms with Crippen molar-refractivity contribution in [3.05, 3.63) is 52.7 Å². The summed E-state index contributed by atoms with van der Waals surface area (Å²) in [6, 6.07) is 3.47. The van der Waals surface area contributed by atoms with Crippen LogP contribution in [0.3, 0.4) is 0 Å². The van der Waals surface area contributed by atoms with E-state index in [1.54, 1.807) is 0 Å². The molecule has 0 spiro atoms. The summed E-state index contributed by atoms with van der Waals surface area (Å²) >= 11 is 6.26. The second kappa shape index (κ2) is 8.24. The molecule has 2 aliphatic carbocycles. The van der Waals surface area contributed by atoms with Crippen LogP contribution < -0.4 is 5.73 Å². The Morgan fingerprint density at radius 1 is 1.33 bits per heavy atom. The number of allylic oxidation sites excluding steroid dienone is 3. The van der Waals surface area contributed by atoms with Gasteiger partial charge >= 0.3 is 0 Å². The summed E-state index contributed by atoms with van der Waals surface area (Å²) in [7, 11) is -3.39. The van der Waals surface area contributed by atoms with E-state index in [0.717, 1.165) is 37.5 Å². The van der Waals surface area contributed by atoms with Crippen molar-refractivity contribution in [3.63, 3.8) is 0 Å². The lowest BCUT2D eigenvalue weighted by Gasteiger charge is -2.20. The molecule has 0 amide bonds. The van der Waals surface area contributed by atoms with E-state index >= 15 is 4.39 Å². The fourth-order valence-electron chi connectivity index (χ4n) is 3.79. The van der Waals surface area contributed by atoms with Crippen molar-refractivity contribution in [3.8, 4) is 11.4 Å². The fraction of sp³-hybridized carbons (Fsp3) is 0.429. The van der Waals surface area contributed by atoms with E-state index in [1.807, 2.05) is 12.2 Å². The molecule has 1 aromatic carbocycles. The number of nitrogens with zero attached hydrogens (tertiary/aromatic N) is 2. The minimum atomic E-state index is -3.39. The van der Waals surface area contributed by atoms with Gasteiger partial charge in [-0.2, -0.15) is 4.98 Å². The molecule has 2 aliphatic rings. The molecule has 6 nitrogen and oxygen atoms in total. The second-order valence-electron chi connectivity index (χ2n) is 7.95. The van der Waals surface area contributed by atoms with Crippen LogP contribution in [-0.4, -0.2) is 30.9 Å². The van der Waals surface area contributed by atoms with Crippen LogP contribution in [0.2, 0.25) is 5.02 Å². The lowest BCUT2D eigenvalue weighted by atomic mass is 9.90. The number of benzene rings is 1. The number of rotatable bonds is 7. The Bertz CT molecular complexity index is 1110. The summed E-state index contributed by atoms with van der Waals surface area (Å²) < 4.78 is 43.9. The summed E-state index contributed by atoms with van der Waals surface area (Å²) in [4.78, 5) is 4.54. The molecule has 1 aromatic heterocycles. The van der Waals surface area contributed by atoms with Crippen molar-refractivity contribution in [2.45, 2.75) is 49.0 Å². The lowest BCUT2D eigenvalue weighted by molar-refractivity contribution is 0.317. The van der Waals surface area contributed by atoms with Gasteiger partial charge in [-0.15, -0.1) is 0 Å². The van der Waals surface area contributed by atoms with Crippen LogP contribution in [0, 0.1) is 5.92 Å². The van der Waals surface area contributed by atoms with E-state index in [4.69, 9.17) is 21.9 Å². The number of hydrogen-bond acceptors (Lipinski definition) is 6. The highest BCUT2D eigenvalue weighted by Gasteiger charge is 2.34. The molecule has 0 radical (unpaired) electrons. The maximum absolute atomic E-state index is 15.0. The monoisotopic (exact) mass is 451 g/mol. The third kappa shape index (κ3) is 4.50. The number of nitrogens with two attached hydrogens (primary N) is 1. The third-order valence-electron chi connectivity index (χ3n) is 5.63. The molecule has 2 atom stereocenters. The average molecular weight is 452 g/mol. The first-order valence-electron chi connectivity index (χ1n) is 9.89. The van der Waals surface area contributed by atoms with Crippen LogP contribution in [0.25, 0.3) is 11.4 Å². The molecule has 1 heterocycles. The van der Waals surface area contributed by atoms with Gasteiger partial charge in [0.15, 0.2) is 9.84 Å². The second-order valence-corrected chi connectivity index (χ2v) is 10.4. The number of halogens is 2. The van der Waals surface area contributed by atoms with Gasteiger partial charge < -0.3 is 10.3 Å². The predicted molar refractivity (Wildman–Crippen MR) is 112 cm³/mol. The molecule has 1 fully saturated rings. The maximum atomic E-state index is 15.0. The smallest absolute Gasteiger partial charge is 0.232 e. The van der Waals surface area contributed by atoms with Gasteiger partial charge in [-0.05, 0) is 61.8 Å². The quantitative estimate of drug-likeness (QED) is 0.618. The van der Waals surface area contributed by atoms with Crippen LogP contribution in [-0.2, 0) is 9.84 Å². The largest absolute Gasteiger partial charge is 0.339 e. The van der Waals surface area contributed by atoms with Crippen molar-refractivity contribution in [1.29, 1.82) is 0 Å². The molecule has 0 aliphatic heterocycles. The first-order chi connectivity index (χ1) is 14.2. The van der Waals surface area contributed by atoms with Crippen molar-refractivity contribution in [2.24, 2.45) is 11.7 Å². The zero-order valence-electron chi connectivity index (χ0n) is 16.5. The highest BCUT2D eigenvalue weighted by Crippen LogP contribution is 2.38. The number of sulfone groups is 1. The van der Waals surface area contributed by atoms with E-state index in [1.165, 1.54) is 18.2 Å². The highest BCUT2D eigenvalue weighted by molar-refractivity contribution is 7.90. The topological polar surface area (TPSA) is 99.1 Å². The van der Waals surface area contributed by atoms with Crippen molar-refractivity contribution >= 4 is 21.4 Å². The Balaban J connectivity index is 1.63. The number of hydrogen-bond donors (Lipinski definition) is 1. The van der Waals surface area contributed by atoms with Gasteiger partial charge in [0.05, 0.1) is 21.9 Å². The van der Waals surface area contributed by atoms with Gasteiger partial charge in [-0.3, -0.25) is 0 Å². The minimum absolute atomic E-state index is 0.102. The van der Waals surface area contributed by atoms with Crippen LogP contribution in [0.4, 0.5) is 4.39 Å². The summed E-state index contributed by atoms with van der Waals surface area (Å²) in [5.41, 5.74) is 7.54. The van der Waals surface area contributed by atoms with Crippen molar-refractivity contribution in [1.82, 2.24) is 10.1 Å². The van der Waals surface area contributed by atoms with E-state index in [9.17, 15) is 8.42 Å². The average Bonchev–Trinajstić information content (AvgIpc) is 3.17. The maximum Gasteiger partial charge on any atom is 0.232 e. The Morgan fingerprint density at radius 2 is 2.03 bits per heavy atom. The molecule has 1 saturated carbocycles. The molecule has 2 N–H and O–H groups in total. The molecule has 160 valence electrons. The van der Waals surface area contributed by atoms with Gasteiger partial charge in [0, 0.05) is 11.8 Å². The lowest BCUT2D eigenvalue weighted by Crippen LogP contribution is -2.31. The van der Waals surface area contributed by atoms with Crippen molar-refractivity contribution < 1.29 is 17.3 Å². The van der Waals surface area contributed by atoms with Gasteiger partial charge in [-0.1, -0.05) is 28.9 Å². The Labute approximate surface area is 179 Å². The Hall–Kier alpha value is -2.03. The van der Waals surface area contributed by atoms with Crippen LogP contribution in [0.1, 0.15) is 43.9 Å². The zero-order chi connectivity index (χ0) is 21.5. The molecule has 2 aromatic rings. The Morgan fingerprint density at radius 3 is 2.63 bits per heavy atom. The highest BCUT2D eigenvalue weighted by atomic mass is 35.5. The van der Waals surface area contributed by atoms with Gasteiger partial charge in [0.25, 0.3) is 0 Å². The molecule has 4 rings (SSSR count). The van der Waals surface area contributed by atoms with Gasteiger partial charge in [-0.25, -0.2) is 12.8 Å². The first kappa shape index (κ1) is 21.2. The Kier molecular flexibility index (Phi) is 5.83. The molecule has 0 bridgehead atoms. The van der Waals surface area contributed by atoms with E-state index in [2.05, 4.69) is 10.1 Å². The zero-order valence-corrected chi connectivity index (χ0v) is 18.1. The fourth-order valence-corrected chi connectivity index (χ4v) is 4.76. The molecule has 9 heteroatoms. The van der Waals surface area contributed by atoms with Crippen LogP contribution >= 0.6 is 11.6 Å². The predicted octanol–water partition coefficient (Wildman–Crippen LogP) is 4.58. The molecule has 0 saturated heterocycles. The minimum Gasteiger partial charge on any atom is -0.339 e. The first-order valence-corrected chi connectivity index (χ1v) is 12.2. The van der Waals surface area contributed by atoms with E-state index in [0.29, 0.717) is 12.0 Å². The van der Waals surface area contributed by atoms with Crippen molar-refractivity contribution in [2.75, 3.05) is 6.26 Å². The summed E-state index contributed by atoms with van der Waals surface area (Å²) in [5.74, 6) is -0.0228. The molecule has 0 unspecified atom stereocenters. The summed E-state index contributed by atoms with van der Waals surface area (Å²) in [6.45, 7) is 0. The summed E-state index contributed by atoms with van der Waals surface area (Å²) in [5, 5.41) is 4.18. The third-order valence-corrected chi connectivity index (χ3v) is 7.05. The van der Waals surface area contributed by atoms with E-state index < -0.39 is 21.8 Å². The molecular weight excluding hydrogens is 429 g/mol. The standard InChI is InChI=1S/C21H23ClFN3O3S/c1-30(27,28)14-8-9-15(17(22)11-14)20-25-21(29-26-20)16(10-12-6-7-12)19(24)18(23)13-4-2-3-5-13/h6-9,11-12,16,19H,2-5,10,24H2,1H3/t16-,19-/m0/s1. The SMILES string of the molecule is CS(=O)(=O)c1ccc(-c2noc([C@@H](CC3C=C3)[C@H](N)C(F)=C3CCCC3)n2)c(Cl)c1. The normalized spacial score (nSPS) is 18.6. The van der Waals surface area contributed by atoms with Crippen LogP contribution in [0.5, 0.6) is 0 Å². The van der Waals surface area contributed by atoms with Crippen LogP contribution in [0.15, 0.2) is 51.2 Å². The number of aromatic nitrogens is 2.